The molecule has 0 unspecified atom stereocenters. The maximum atomic E-state index is 12.3. The Morgan fingerprint density at radius 1 is 1.25 bits per heavy atom. The topological polar surface area (TPSA) is 59.1 Å². The first kappa shape index (κ1) is 16.9. The van der Waals surface area contributed by atoms with Crippen LogP contribution in [0.2, 0.25) is 0 Å². The van der Waals surface area contributed by atoms with Gasteiger partial charge in [0.25, 0.3) is 0 Å². The van der Waals surface area contributed by atoms with Crippen LogP contribution in [0.25, 0.3) is 0 Å². The van der Waals surface area contributed by atoms with Gasteiger partial charge in [-0.2, -0.15) is 0 Å². The molecule has 7 heteroatoms. The van der Waals surface area contributed by atoms with Crippen molar-refractivity contribution < 1.29 is 19.1 Å². The summed E-state index contributed by atoms with van der Waals surface area (Å²) in [6.45, 7) is 3.63. The first-order valence-electron chi connectivity index (χ1n) is 8.08. The van der Waals surface area contributed by atoms with Gasteiger partial charge in [0, 0.05) is 32.6 Å². The summed E-state index contributed by atoms with van der Waals surface area (Å²) in [5.74, 6) is 1.38. The van der Waals surface area contributed by atoms with Crippen LogP contribution in [0.5, 0.6) is 11.5 Å². The summed E-state index contributed by atoms with van der Waals surface area (Å²) < 4.78 is 10.7. The van der Waals surface area contributed by atoms with Gasteiger partial charge in [0.2, 0.25) is 18.6 Å². The number of benzene rings is 1. The monoisotopic (exact) mass is 352 g/mol. The number of hydrogen-bond donors (Lipinski definition) is 0. The smallest absolute Gasteiger partial charge is 0.238 e. The molecular weight excluding hydrogens is 332 g/mol. The first-order valence-corrected chi connectivity index (χ1v) is 8.61. The second-order valence-corrected chi connectivity index (χ2v) is 6.35. The van der Waals surface area contributed by atoms with Gasteiger partial charge in [-0.3, -0.25) is 9.59 Å². The highest BCUT2D eigenvalue weighted by Gasteiger charge is 2.28. The Hall–Kier alpha value is -1.95. The Bertz CT molecular complexity index is 629. The van der Waals surface area contributed by atoms with Gasteiger partial charge in [-0.15, -0.1) is 11.6 Å². The van der Waals surface area contributed by atoms with Gasteiger partial charge < -0.3 is 19.3 Å². The predicted molar refractivity (Wildman–Crippen MR) is 89.1 cm³/mol. The van der Waals surface area contributed by atoms with Crippen LogP contribution in [-0.2, 0) is 16.1 Å². The Morgan fingerprint density at radius 3 is 2.62 bits per heavy atom. The van der Waals surface area contributed by atoms with E-state index in [-0.39, 0.29) is 30.5 Å². The molecule has 1 fully saturated rings. The minimum Gasteiger partial charge on any atom is -0.454 e. The molecule has 2 heterocycles. The van der Waals surface area contributed by atoms with Gasteiger partial charge in [0.05, 0.1) is 0 Å². The number of halogens is 1. The minimum atomic E-state index is -0.0874. The van der Waals surface area contributed by atoms with Gasteiger partial charge >= 0.3 is 0 Å². The second kappa shape index (κ2) is 7.30. The molecule has 0 spiro atoms. The van der Waals surface area contributed by atoms with E-state index in [2.05, 4.69) is 0 Å². The summed E-state index contributed by atoms with van der Waals surface area (Å²) in [6.07, 6.45) is 1.54. The number of likely N-dealkylation sites (tertiary alicyclic amines) is 1. The van der Waals surface area contributed by atoms with Crippen molar-refractivity contribution in [2.75, 3.05) is 25.8 Å². The summed E-state index contributed by atoms with van der Waals surface area (Å²) in [7, 11) is 0. The molecule has 6 nitrogen and oxygen atoms in total. The lowest BCUT2D eigenvalue weighted by Crippen LogP contribution is -2.48. The van der Waals surface area contributed by atoms with Crippen LogP contribution in [0.3, 0.4) is 0 Å². The molecule has 0 aliphatic carbocycles. The first-order chi connectivity index (χ1) is 11.6. The molecule has 0 saturated carbocycles. The molecule has 130 valence electrons. The normalized spacial score (nSPS) is 17.0. The van der Waals surface area contributed by atoms with E-state index in [9.17, 15) is 9.59 Å². The summed E-state index contributed by atoms with van der Waals surface area (Å²) in [6, 6.07) is 5.80. The van der Waals surface area contributed by atoms with Gasteiger partial charge in [0.1, 0.15) is 5.88 Å². The molecule has 0 bridgehead atoms. The minimum absolute atomic E-state index is 0.0442. The molecule has 2 aliphatic rings. The van der Waals surface area contributed by atoms with E-state index in [1.54, 1.807) is 6.92 Å². The van der Waals surface area contributed by atoms with Crippen LogP contribution >= 0.6 is 11.6 Å². The Kier molecular flexibility index (Phi) is 5.14. The van der Waals surface area contributed by atoms with Crippen molar-refractivity contribution in [1.82, 2.24) is 9.80 Å². The van der Waals surface area contributed by atoms with Gasteiger partial charge in [0.15, 0.2) is 11.5 Å². The number of amides is 2. The number of carbonyl (C=O) groups excluding carboxylic acids is 2. The third-order valence-electron chi connectivity index (χ3n) is 4.58. The van der Waals surface area contributed by atoms with Crippen LogP contribution in [0, 0.1) is 0 Å². The average molecular weight is 353 g/mol. The summed E-state index contributed by atoms with van der Waals surface area (Å²) >= 11 is 5.80. The SMILES string of the molecule is CC(=O)N1CCC(N(Cc2ccc3c(c2)OCO3)C(=O)CCl)CC1. The third-order valence-corrected chi connectivity index (χ3v) is 4.80. The maximum Gasteiger partial charge on any atom is 0.238 e. The van der Waals surface area contributed by atoms with E-state index >= 15 is 0 Å². The number of ether oxygens (including phenoxy) is 2. The van der Waals surface area contributed by atoms with Crippen molar-refractivity contribution in [2.24, 2.45) is 0 Å². The molecular formula is C17H21ClN2O4. The zero-order chi connectivity index (χ0) is 17.1. The number of piperidine rings is 1. The van der Waals surface area contributed by atoms with Crippen LogP contribution in [-0.4, -0.2) is 53.4 Å². The molecule has 0 aromatic heterocycles. The molecule has 1 aromatic rings. The standard InChI is InChI=1S/C17H21ClN2O4/c1-12(21)19-6-4-14(5-7-19)20(17(22)9-18)10-13-2-3-15-16(8-13)24-11-23-15/h2-3,8,14H,4-7,9-11H2,1H3. The fraction of sp³-hybridized carbons (Fsp3) is 0.529. The van der Waals surface area contributed by atoms with Gasteiger partial charge in [-0.25, -0.2) is 0 Å². The highest BCUT2D eigenvalue weighted by atomic mass is 35.5. The molecule has 1 aromatic carbocycles. The Balaban J connectivity index is 1.71. The van der Waals surface area contributed by atoms with E-state index < -0.39 is 0 Å². The Labute approximate surface area is 146 Å². The molecule has 3 rings (SSSR count). The van der Waals surface area contributed by atoms with E-state index in [0.29, 0.717) is 25.4 Å². The zero-order valence-corrected chi connectivity index (χ0v) is 14.4. The average Bonchev–Trinajstić information content (AvgIpc) is 3.07. The number of nitrogens with zero attached hydrogens (tertiary/aromatic N) is 2. The molecule has 0 atom stereocenters. The lowest BCUT2D eigenvalue weighted by Gasteiger charge is -2.38. The number of rotatable bonds is 4. The second-order valence-electron chi connectivity index (χ2n) is 6.08. The van der Waals surface area contributed by atoms with Crippen LogP contribution < -0.4 is 9.47 Å². The highest BCUT2D eigenvalue weighted by Crippen LogP contribution is 2.33. The van der Waals surface area contributed by atoms with Gasteiger partial charge in [-0.05, 0) is 30.5 Å². The highest BCUT2D eigenvalue weighted by molar-refractivity contribution is 6.27. The molecule has 2 amide bonds. The molecule has 1 saturated heterocycles. The largest absolute Gasteiger partial charge is 0.454 e. The van der Waals surface area contributed by atoms with Crippen LogP contribution in [0.1, 0.15) is 25.3 Å². The van der Waals surface area contributed by atoms with Crippen molar-refractivity contribution in [3.63, 3.8) is 0 Å². The maximum absolute atomic E-state index is 12.3. The van der Waals surface area contributed by atoms with E-state index in [1.807, 2.05) is 28.0 Å². The van der Waals surface area contributed by atoms with E-state index in [4.69, 9.17) is 21.1 Å². The quantitative estimate of drug-likeness (QED) is 0.778. The molecule has 0 radical (unpaired) electrons. The number of fused-ring (bicyclic) bond motifs is 1. The summed E-state index contributed by atoms with van der Waals surface area (Å²) in [5.41, 5.74) is 0.978. The van der Waals surface area contributed by atoms with Crippen LogP contribution in [0.15, 0.2) is 18.2 Å². The zero-order valence-electron chi connectivity index (χ0n) is 13.7. The number of hydrogen-bond acceptors (Lipinski definition) is 4. The summed E-state index contributed by atoms with van der Waals surface area (Å²) in [5, 5.41) is 0. The molecule has 24 heavy (non-hydrogen) atoms. The lowest BCUT2D eigenvalue weighted by atomic mass is 10.0. The Morgan fingerprint density at radius 2 is 1.96 bits per heavy atom. The number of alkyl halides is 1. The van der Waals surface area contributed by atoms with E-state index in [1.165, 1.54) is 0 Å². The fourth-order valence-corrected chi connectivity index (χ4v) is 3.38. The lowest BCUT2D eigenvalue weighted by molar-refractivity contribution is -0.134. The summed E-state index contributed by atoms with van der Waals surface area (Å²) in [4.78, 5) is 27.4. The fourth-order valence-electron chi connectivity index (χ4n) is 3.23. The van der Waals surface area contributed by atoms with Crippen molar-refractivity contribution in [3.8, 4) is 11.5 Å². The predicted octanol–water partition coefficient (Wildman–Crippen LogP) is 1.99. The van der Waals surface area contributed by atoms with Crippen molar-refractivity contribution in [2.45, 2.75) is 32.4 Å². The number of carbonyl (C=O) groups is 2. The molecule has 2 aliphatic heterocycles. The van der Waals surface area contributed by atoms with Crippen molar-refractivity contribution in [1.29, 1.82) is 0 Å². The van der Waals surface area contributed by atoms with Crippen LogP contribution in [0.4, 0.5) is 0 Å². The van der Waals surface area contributed by atoms with Crippen molar-refractivity contribution >= 4 is 23.4 Å². The van der Waals surface area contributed by atoms with E-state index in [0.717, 1.165) is 24.2 Å². The van der Waals surface area contributed by atoms with Gasteiger partial charge in [-0.1, -0.05) is 6.07 Å². The third kappa shape index (κ3) is 3.59. The molecule has 0 N–H and O–H groups in total. The van der Waals surface area contributed by atoms with Crippen molar-refractivity contribution in [3.05, 3.63) is 23.8 Å².